The molecule has 3 aromatic rings. The van der Waals surface area contributed by atoms with Crippen LogP contribution in [0.15, 0.2) is 59.3 Å². The largest absolute Gasteiger partial charge is 0.467 e. The Kier molecular flexibility index (Phi) is 4.33. The Morgan fingerprint density at radius 2 is 1.96 bits per heavy atom. The van der Waals surface area contributed by atoms with Crippen LogP contribution in [0, 0.1) is 0 Å². The molecule has 6 nitrogen and oxygen atoms in total. The number of aromatic nitrogens is 3. The minimum atomic E-state index is -0.0921. The van der Waals surface area contributed by atoms with Crippen molar-refractivity contribution in [1.82, 2.24) is 19.9 Å². The molecular formula is C19H20N4O2. The van der Waals surface area contributed by atoms with Crippen LogP contribution in [0.5, 0.6) is 0 Å². The second-order valence-corrected chi connectivity index (χ2v) is 6.26. The van der Waals surface area contributed by atoms with E-state index in [1.807, 2.05) is 47.4 Å². The fourth-order valence-electron chi connectivity index (χ4n) is 3.34. The summed E-state index contributed by atoms with van der Waals surface area (Å²) in [6.45, 7) is 0.711. The van der Waals surface area contributed by atoms with Gasteiger partial charge in [0, 0.05) is 6.54 Å². The summed E-state index contributed by atoms with van der Waals surface area (Å²) < 4.78 is 7.22. The number of benzene rings is 1. The first-order valence-corrected chi connectivity index (χ1v) is 8.65. The molecule has 1 aromatic carbocycles. The Morgan fingerprint density at radius 1 is 1.08 bits per heavy atom. The van der Waals surface area contributed by atoms with Gasteiger partial charge in [0.25, 0.3) is 5.91 Å². The summed E-state index contributed by atoms with van der Waals surface area (Å²) in [4.78, 5) is 15.0. The van der Waals surface area contributed by atoms with E-state index in [1.165, 1.54) is 0 Å². The number of amides is 1. The van der Waals surface area contributed by atoms with E-state index in [2.05, 4.69) is 10.3 Å². The van der Waals surface area contributed by atoms with E-state index in [9.17, 15) is 4.79 Å². The van der Waals surface area contributed by atoms with E-state index >= 15 is 0 Å². The molecule has 0 aliphatic carbocycles. The number of rotatable bonds is 3. The maximum absolute atomic E-state index is 13.1. The molecule has 25 heavy (non-hydrogen) atoms. The average Bonchev–Trinajstić information content (AvgIpc) is 3.30. The third-order valence-corrected chi connectivity index (χ3v) is 4.62. The topological polar surface area (TPSA) is 64.2 Å². The number of nitrogens with zero attached hydrogens (tertiary/aromatic N) is 4. The average molecular weight is 336 g/mol. The van der Waals surface area contributed by atoms with Crippen LogP contribution in [0.4, 0.5) is 0 Å². The number of hydrogen-bond acceptors (Lipinski definition) is 4. The molecule has 1 aliphatic heterocycles. The standard InChI is InChI=1S/C19H20N4O2/c24-19(16-14-23(21-20-16)15-8-3-1-4-9-15)22-12-6-2-5-10-17(22)18-11-7-13-25-18/h1,3-4,7-9,11,13-14,17H,2,5-6,10,12H2/t17-/m1/s1. The van der Waals surface area contributed by atoms with Crippen LogP contribution in [0.2, 0.25) is 0 Å². The zero-order valence-electron chi connectivity index (χ0n) is 13.9. The van der Waals surface area contributed by atoms with Crippen molar-refractivity contribution in [2.24, 2.45) is 0 Å². The van der Waals surface area contributed by atoms with E-state index in [-0.39, 0.29) is 11.9 Å². The lowest BCUT2D eigenvalue weighted by molar-refractivity contribution is 0.0652. The van der Waals surface area contributed by atoms with Crippen LogP contribution in [-0.4, -0.2) is 32.3 Å². The fraction of sp³-hybridized carbons (Fsp3) is 0.316. The summed E-state index contributed by atoms with van der Waals surface area (Å²) in [7, 11) is 0. The number of para-hydroxylation sites is 1. The van der Waals surface area contributed by atoms with Gasteiger partial charge in [0.1, 0.15) is 5.76 Å². The van der Waals surface area contributed by atoms with Crippen LogP contribution in [0.1, 0.15) is 48.0 Å². The van der Waals surface area contributed by atoms with Gasteiger partial charge in [-0.2, -0.15) is 0 Å². The van der Waals surface area contributed by atoms with Gasteiger partial charge < -0.3 is 9.32 Å². The van der Waals surface area contributed by atoms with E-state index in [1.54, 1.807) is 17.1 Å². The fourth-order valence-corrected chi connectivity index (χ4v) is 3.34. The van der Waals surface area contributed by atoms with Crippen molar-refractivity contribution in [3.8, 4) is 5.69 Å². The molecule has 2 aromatic heterocycles. The van der Waals surface area contributed by atoms with Crippen molar-refractivity contribution < 1.29 is 9.21 Å². The first kappa shape index (κ1) is 15.6. The third kappa shape index (κ3) is 3.20. The van der Waals surface area contributed by atoms with Crippen LogP contribution in [0.3, 0.4) is 0 Å². The highest BCUT2D eigenvalue weighted by Gasteiger charge is 2.30. The quantitative estimate of drug-likeness (QED) is 0.733. The molecular weight excluding hydrogens is 316 g/mol. The van der Waals surface area contributed by atoms with Crippen molar-refractivity contribution in [3.05, 3.63) is 66.4 Å². The highest BCUT2D eigenvalue weighted by atomic mass is 16.3. The molecule has 1 atom stereocenters. The summed E-state index contributed by atoms with van der Waals surface area (Å²) in [5.41, 5.74) is 1.25. The number of carbonyl (C=O) groups is 1. The Morgan fingerprint density at radius 3 is 2.76 bits per heavy atom. The molecule has 4 rings (SSSR count). The Bertz CT molecular complexity index is 826. The second kappa shape index (κ2) is 6.93. The number of furan rings is 1. The predicted octanol–water partition coefficient (Wildman–Crippen LogP) is 3.62. The molecule has 3 heterocycles. The monoisotopic (exact) mass is 336 g/mol. The zero-order chi connectivity index (χ0) is 17.1. The normalized spacial score (nSPS) is 18.1. The highest BCUT2D eigenvalue weighted by Crippen LogP contribution is 2.31. The molecule has 0 radical (unpaired) electrons. The van der Waals surface area contributed by atoms with Gasteiger partial charge >= 0.3 is 0 Å². The van der Waals surface area contributed by atoms with Crippen LogP contribution in [-0.2, 0) is 0 Å². The first-order chi connectivity index (χ1) is 12.3. The Hall–Kier alpha value is -2.89. The molecule has 0 unspecified atom stereocenters. The highest BCUT2D eigenvalue weighted by molar-refractivity contribution is 5.92. The van der Waals surface area contributed by atoms with Gasteiger partial charge in [-0.15, -0.1) is 5.10 Å². The summed E-state index contributed by atoms with van der Waals surface area (Å²) in [6, 6.07) is 13.4. The minimum absolute atomic E-state index is 0.0353. The lowest BCUT2D eigenvalue weighted by Gasteiger charge is -2.27. The van der Waals surface area contributed by atoms with E-state index in [4.69, 9.17) is 4.42 Å². The minimum Gasteiger partial charge on any atom is -0.467 e. The molecule has 128 valence electrons. The van der Waals surface area contributed by atoms with Gasteiger partial charge in [0.2, 0.25) is 0 Å². The number of carbonyl (C=O) groups excluding carboxylic acids is 1. The lowest BCUT2D eigenvalue weighted by atomic mass is 10.1. The Labute approximate surface area is 146 Å². The molecule has 1 aliphatic rings. The van der Waals surface area contributed by atoms with Gasteiger partial charge in [-0.25, -0.2) is 4.68 Å². The SMILES string of the molecule is O=C(c1cn(-c2ccccc2)nn1)N1CCCCC[C@@H]1c1ccco1. The lowest BCUT2D eigenvalue weighted by Crippen LogP contribution is -2.34. The van der Waals surface area contributed by atoms with E-state index in [0.717, 1.165) is 37.1 Å². The van der Waals surface area contributed by atoms with Gasteiger partial charge in [-0.1, -0.05) is 36.3 Å². The smallest absolute Gasteiger partial charge is 0.276 e. The van der Waals surface area contributed by atoms with Crippen molar-refractivity contribution >= 4 is 5.91 Å². The van der Waals surface area contributed by atoms with Crippen molar-refractivity contribution in [3.63, 3.8) is 0 Å². The molecule has 1 amide bonds. The predicted molar refractivity (Wildman–Crippen MR) is 92.3 cm³/mol. The van der Waals surface area contributed by atoms with Crippen molar-refractivity contribution in [1.29, 1.82) is 0 Å². The van der Waals surface area contributed by atoms with E-state index in [0.29, 0.717) is 12.2 Å². The Balaban J connectivity index is 1.61. The van der Waals surface area contributed by atoms with Crippen molar-refractivity contribution in [2.75, 3.05) is 6.54 Å². The van der Waals surface area contributed by atoms with Crippen LogP contribution < -0.4 is 0 Å². The molecule has 1 saturated heterocycles. The molecule has 0 N–H and O–H groups in total. The molecule has 0 bridgehead atoms. The number of likely N-dealkylation sites (tertiary alicyclic amines) is 1. The summed E-state index contributed by atoms with van der Waals surface area (Å²) in [5.74, 6) is 0.746. The zero-order valence-corrected chi connectivity index (χ0v) is 13.9. The summed E-state index contributed by atoms with van der Waals surface area (Å²) in [6.07, 6.45) is 7.47. The molecule has 0 spiro atoms. The van der Waals surface area contributed by atoms with Gasteiger partial charge in [-0.3, -0.25) is 4.79 Å². The molecule has 1 fully saturated rings. The summed E-state index contributed by atoms with van der Waals surface area (Å²) >= 11 is 0. The van der Waals surface area contributed by atoms with E-state index < -0.39 is 0 Å². The van der Waals surface area contributed by atoms with Gasteiger partial charge in [-0.05, 0) is 37.1 Å². The maximum Gasteiger partial charge on any atom is 0.276 e. The second-order valence-electron chi connectivity index (χ2n) is 6.26. The third-order valence-electron chi connectivity index (χ3n) is 4.62. The van der Waals surface area contributed by atoms with Crippen LogP contribution >= 0.6 is 0 Å². The maximum atomic E-state index is 13.1. The molecule has 6 heteroatoms. The number of hydrogen-bond donors (Lipinski definition) is 0. The summed E-state index contributed by atoms with van der Waals surface area (Å²) in [5, 5.41) is 8.21. The molecule has 0 saturated carbocycles. The van der Waals surface area contributed by atoms with Gasteiger partial charge in [0.15, 0.2) is 5.69 Å². The van der Waals surface area contributed by atoms with Crippen LogP contribution in [0.25, 0.3) is 5.69 Å². The van der Waals surface area contributed by atoms with Gasteiger partial charge in [0.05, 0.1) is 24.2 Å². The first-order valence-electron chi connectivity index (χ1n) is 8.65. The van der Waals surface area contributed by atoms with Crippen molar-refractivity contribution in [2.45, 2.75) is 31.7 Å².